The number of hydrogen-bond donors (Lipinski definition) is 2. The number of hydrogen-bond acceptors (Lipinski definition) is 3. The zero-order valence-electron chi connectivity index (χ0n) is 10.0. The van der Waals surface area contributed by atoms with Crippen LogP contribution in [0.4, 0.5) is 15.8 Å². The van der Waals surface area contributed by atoms with Crippen LogP contribution in [0.25, 0.3) is 0 Å². The Morgan fingerprint density at radius 1 is 1.56 bits per heavy atom. The number of carbonyl (C=O) groups excluding carboxylic acids is 1. The van der Waals surface area contributed by atoms with Crippen molar-refractivity contribution in [2.24, 2.45) is 0 Å². The number of nitrogens with zero attached hydrogens (tertiary/aromatic N) is 1. The van der Waals surface area contributed by atoms with Crippen molar-refractivity contribution >= 4 is 28.9 Å². The van der Waals surface area contributed by atoms with Gasteiger partial charge in [0.15, 0.2) is 0 Å². The van der Waals surface area contributed by atoms with Gasteiger partial charge >= 0.3 is 0 Å². The molecule has 1 unspecified atom stereocenters. The van der Waals surface area contributed by atoms with Gasteiger partial charge in [0.2, 0.25) is 5.91 Å². The number of likely N-dealkylation sites (N-methyl/N-ethyl adjacent to an activating group) is 1. The number of benzene rings is 1. The summed E-state index contributed by atoms with van der Waals surface area (Å²) in [5, 5.41) is 3.16. The van der Waals surface area contributed by atoms with E-state index in [4.69, 9.17) is 17.3 Å². The SMILES string of the molecule is CN1CC(Nc2cc(F)c(Cl)cc2N)CCC1=O. The molecule has 1 heterocycles. The first-order valence-electron chi connectivity index (χ1n) is 5.72. The molecule has 1 atom stereocenters. The fourth-order valence-electron chi connectivity index (χ4n) is 2.04. The molecule has 0 aliphatic carbocycles. The Kier molecular flexibility index (Phi) is 3.61. The van der Waals surface area contributed by atoms with Gasteiger partial charge in [-0.15, -0.1) is 0 Å². The Labute approximate surface area is 110 Å². The van der Waals surface area contributed by atoms with E-state index in [0.29, 0.717) is 30.8 Å². The lowest BCUT2D eigenvalue weighted by atomic mass is 10.1. The van der Waals surface area contributed by atoms with Crippen LogP contribution >= 0.6 is 11.6 Å². The number of rotatable bonds is 2. The summed E-state index contributed by atoms with van der Waals surface area (Å²) in [7, 11) is 1.75. The molecule has 1 aliphatic heterocycles. The minimum atomic E-state index is -0.506. The molecule has 0 spiro atoms. The van der Waals surface area contributed by atoms with Gasteiger partial charge in [-0.25, -0.2) is 4.39 Å². The molecule has 1 fully saturated rings. The predicted molar refractivity (Wildman–Crippen MR) is 70.1 cm³/mol. The molecule has 1 aromatic rings. The molecular formula is C12H15ClFN3O. The Bertz CT molecular complexity index is 481. The Morgan fingerprint density at radius 2 is 2.28 bits per heavy atom. The topological polar surface area (TPSA) is 58.4 Å². The Morgan fingerprint density at radius 3 is 2.94 bits per heavy atom. The average Bonchev–Trinajstić information content (AvgIpc) is 2.31. The zero-order chi connectivity index (χ0) is 13.3. The van der Waals surface area contributed by atoms with E-state index in [9.17, 15) is 9.18 Å². The van der Waals surface area contributed by atoms with E-state index in [2.05, 4.69) is 5.32 Å². The number of anilines is 2. The van der Waals surface area contributed by atoms with Crippen LogP contribution in [0.5, 0.6) is 0 Å². The fourth-order valence-corrected chi connectivity index (χ4v) is 2.21. The normalized spacial score (nSPS) is 20.1. The summed E-state index contributed by atoms with van der Waals surface area (Å²) in [6, 6.07) is 2.75. The van der Waals surface area contributed by atoms with Gasteiger partial charge in [-0.1, -0.05) is 11.6 Å². The van der Waals surface area contributed by atoms with E-state index >= 15 is 0 Å². The molecule has 0 bridgehead atoms. The molecular weight excluding hydrogens is 257 g/mol. The fraction of sp³-hybridized carbons (Fsp3) is 0.417. The second-order valence-corrected chi connectivity index (χ2v) is 4.91. The number of amides is 1. The van der Waals surface area contributed by atoms with E-state index in [1.807, 2.05) is 0 Å². The van der Waals surface area contributed by atoms with Crippen molar-refractivity contribution in [3.63, 3.8) is 0 Å². The van der Waals surface area contributed by atoms with Crippen LogP contribution in [-0.2, 0) is 4.79 Å². The van der Waals surface area contributed by atoms with Crippen molar-refractivity contribution in [2.45, 2.75) is 18.9 Å². The molecule has 0 aromatic heterocycles. The standard InChI is InChI=1S/C12H15ClFN3O/c1-17-6-7(2-3-12(17)18)16-11-5-9(14)8(13)4-10(11)15/h4-5,7,16H,2-3,6,15H2,1H3. The van der Waals surface area contributed by atoms with Crippen molar-refractivity contribution in [1.82, 2.24) is 4.90 Å². The summed E-state index contributed by atoms with van der Waals surface area (Å²) in [4.78, 5) is 13.0. The van der Waals surface area contributed by atoms with Crippen molar-refractivity contribution < 1.29 is 9.18 Å². The highest BCUT2D eigenvalue weighted by molar-refractivity contribution is 6.31. The largest absolute Gasteiger partial charge is 0.397 e. The number of nitrogen functional groups attached to an aromatic ring is 1. The highest BCUT2D eigenvalue weighted by Crippen LogP contribution is 2.27. The highest BCUT2D eigenvalue weighted by Gasteiger charge is 2.23. The zero-order valence-corrected chi connectivity index (χ0v) is 10.8. The first-order valence-corrected chi connectivity index (χ1v) is 6.10. The number of likely N-dealkylation sites (tertiary alicyclic amines) is 1. The molecule has 3 N–H and O–H groups in total. The summed E-state index contributed by atoms with van der Waals surface area (Å²) >= 11 is 5.64. The van der Waals surface area contributed by atoms with Gasteiger partial charge in [-0.2, -0.15) is 0 Å². The van der Waals surface area contributed by atoms with E-state index < -0.39 is 5.82 Å². The Hall–Kier alpha value is -1.49. The van der Waals surface area contributed by atoms with E-state index in [1.54, 1.807) is 11.9 Å². The molecule has 18 heavy (non-hydrogen) atoms. The smallest absolute Gasteiger partial charge is 0.222 e. The molecule has 2 rings (SSSR count). The molecule has 1 saturated heterocycles. The van der Waals surface area contributed by atoms with E-state index in [0.717, 1.165) is 0 Å². The van der Waals surface area contributed by atoms with E-state index in [1.165, 1.54) is 12.1 Å². The van der Waals surface area contributed by atoms with Crippen molar-refractivity contribution in [1.29, 1.82) is 0 Å². The summed E-state index contributed by atoms with van der Waals surface area (Å²) in [6.45, 7) is 0.586. The van der Waals surface area contributed by atoms with Crippen molar-refractivity contribution in [2.75, 3.05) is 24.6 Å². The lowest BCUT2D eigenvalue weighted by molar-refractivity contribution is -0.132. The third-order valence-electron chi connectivity index (χ3n) is 3.08. The highest BCUT2D eigenvalue weighted by atomic mass is 35.5. The minimum absolute atomic E-state index is 0.00832. The van der Waals surface area contributed by atoms with Crippen LogP contribution in [0.3, 0.4) is 0 Å². The molecule has 1 aromatic carbocycles. The average molecular weight is 272 g/mol. The van der Waals surface area contributed by atoms with Gasteiger partial charge in [-0.05, 0) is 12.5 Å². The van der Waals surface area contributed by atoms with Crippen LogP contribution < -0.4 is 11.1 Å². The predicted octanol–water partition coefficient (Wildman–Crippen LogP) is 2.09. The van der Waals surface area contributed by atoms with Gasteiger partial charge in [0.25, 0.3) is 0 Å². The van der Waals surface area contributed by atoms with Crippen LogP contribution in [0.2, 0.25) is 5.02 Å². The first-order chi connectivity index (χ1) is 8.47. The molecule has 98 valence electrons. The second kappa shape index (κ2) is 5.02. The first kappa shape index (κ1) is 13.0. The van der Waals surface area contributed by atoms with Crippen molar-refractivity contribution in [3.05, 3.63) is 23.0 Å². The van der Waals surface area contributed by atoms with Gasteiger partial charge < -0.3 is 16.0 Å². The molecule has 1 aliphatic rings. The van der Waals surface area contributed by atoms with Gasteiger partial charge in [0, 0.05) is 32.1 Å². The van der Waals surface area contributed by atoms with Gasteiger partial charge in [-0.3, -0.25) is 4.79 Å². The number of halogens is 2. The lowest BCUT2D eigenvalue weighted by Gasteiger charge is -2.31. The van der Waals surface area contributed by atoms with Crippen LogP contribution in [0.1, 0.15) is 12.8 Å². The lowest BCUT2D eigenvalue weighted by Crippen LogP contribution is -2.43. The quantitative estimate of drug-likeness (QED) is 0.810. The maximum absolute atomic E-state index is 13.4. The van der Waals surface area contributed by atoms with Crippen LogP contribution in [0.15, 0.2) is 12.1 Å². The summed E-state index contributed by atoms with van der Waals surface area (Å²) in [5.41, 5.74) is 6.70. The number of nitrogens with two attached hydrogens (primary N) is 1. The van der Waals surface area contributed by atoms with Gasteiger partial charge in [0.1, 0.15) is 5.82 Å². The van der Waals surface area contributed by atoms with Gasteiger partial charge in [0.05, 0.1) is 16.4 Å². The van der Waals surface area contributed by atoms with E-state index in [-0.39, 0.29) is 17.0 Å². The number of carbonyl (C=O) groups is 1. The van der Waals surface area contributed by atoms with Crippen LogP contribution in [0, 0.1) is 5.82 Å². The minimum Gasteiger partial charge on any atom is -0.397 e. The maximum atomic E-state index is 13.4. The molecule has 1 amide bonds. The monoisotopic (exact) mass is 271 g/mol. The molecule has 6 heteroatoms. The van der Waals surface area contributed by atoms with Crippen molar-refractivity contribution in [3.8, 4) is 0 Å². The third kappa shape index (κ3) is 2.67. The molecule has 0 radical (unpaired) electrons. The Balaban J connectivity index is 2.10. The summed E-state index contributed by atoms with van der Waals surface area (Å²) in [5.74, 6) is -0.378. The number of piperidine rings is 1. The summed E-state index contributed by atoms with van der Waals surface area (Å²) in [6.07, 6.45) is 1.21. The third-order valence-corrected chi connectivity index (χ3v) is 3.37. The number of nitrogens with one attached hydrogen (secondary N) is 1. The molecule has 4 nitrogen and oxygen atoms in total. The van der Waals surface area contributed by atoms with Crippen LogP contribution in [-0.4, -0.2) is 30.4 Å². The maximum Gasteiger partial charge on any atom is 0.222 e. The summed E-state index contributed by atoms with van der Waals surface area (Å²) < 4.78 is 13.4. The second-order valence-electron chi connectivity index (χ2n) is 4.51. The molecule has 0 saturated carbocycles.